The average molecular weight is 288 g/mol. The van der Waals surface area contributed by atoms with Crippen molar-refractivity contribution >= 4 is 11.7 Å². The molecular weight excluding hydrogens is 276 g/mol. The first-order valence-electron chi connectivity index (χ1n) is 6.01. The fourth-order valence-corrected chi connectivity index (χ4v) is 1.79. The van der Waals surface area contributed by atoms with Gasteiger partial charge in [-0.15, -0.1) is 0 Å². The SMILES string of the molecule is Cc1cc(C(=O)O)cc(Oc2ccc([N+](=O)[O-])cc2C)n1. The summed E-state index contributed by atoms with van der Waals surface area (Å²) < 4.78 is 5.52. The van der Waals surface area contributed by atoms with Crippen LogP contribution in [0.25, 0.3) is 0 Å². The number of hydrogen-bond donors (Lipinski definition) is 1. The molecule has 1 aromatic heterocycles. The van der Waals surface area contributed by atoms with E-state index in [2.05, 4.69) is 4.98 Å². The summed E-state index contributed by atoms with van der Waals surface area (Å²) in [5.41, 5.74) is 1.09. The highest BCUT2D eigenvalue weighted by molar-refractivity contribution is 5.88. The molecule has 1 aromatic carbocycles. The molecule has 0 saturated carbocycles. The van der Waals surface area contributed by atoms with E-state index in [4.69, 9.17) is 9.84 Å². The average Bonchev–Trinajstić information content (AvgIpc) is 2.40. The quantitative estimate of drug-likeness (QED) is 0.685. The lowest BCUT2D eigenvalue weighted by Gasteiger charge is -2.09. The highest BCUT2D eigenvalue weighted by Gasteiger charge is 2.12. The topological polar surface area (TPSA) is 103 Å². The minimum atomic E-state index is -1.08. The van der Waals surface area contributed by atoms with Crippen molar-refractivity contribution in [2.45, 2.75) is 13.8 Å². The molecule has 0 aliphatic heterocycles. The second-order valence-electron chi connectivity index (χ2n) is 4.45. The molecule has 0 aliphatic carbocycles. The van der Waals surface area contributed by atoms with Gasteiger partial charge in [0.05, 0.1) is 10.5 Å². The number of carboxylic acid groups (broad SMARTS) is 1. The Morgan fingerprint density at radius 2 is 2.00 bits per heavy atom. The molecule has 7 heteroatoms. The Morgan fingerprint density at radius 3 is 2.57 bits per heavy atom. The fourth-order valence-electron chi connectivity index (χ4n) is 1.79. The zero-order chi connectivity index (χ0) is 15.6. The van der Waals surface area contributed by atoms with Crippen LogP contribution in [0.15, 0.2) is 30.3 Å². The normalized spacial score (nSPS) is 10.2. The van der Waals surface area contributed by atoms with E-state index >= 15 is 0 Å². The van der Waals surface area contributed by atoms with E-state index in [-0.39, 0.29) is 17.1 Å². The van der Waals surface area contributed by atoms with Crippen molar-refractivity contribution in [3.8, 4) is 11.6 Å². The Balaban J connectivity index is 2.34. The Bertz CT molecular complexity index is 727. The molecular formula is C14H12N2O5. The van der Waals surface area contributed by atoms with Crippen molar-refractivity contribution in [2.75, 3.05) is 0 Å². The highest BCUT2D eigenvalue weighted by Crippen LogP contribution is 2.27. The lowest BCUT2D eigenvalue weighted by Crippen LogP contribution is -2.00. The van der Waals surface area contributed by atoms with Crippen molar-refractivity contribution in [2.24, 2.45) is 0 Å². The number of nitrogens with zero attached hydrogens (tertiary/aromatic N) is 2. The molecule has 0 bridgehead atoms. The molecule has 0 aliphatic rings. The van der Waals surface area contributed by atoms with Gasteiger partial charge in [0.15, 0.2) is 0 Å². The molecule has 0 spiro atoms. The Kier molecular flexibility index (Phi) is 3.84. The largest absolute Gasteiger partial charge is 0.478 e. The van der Waals surface area contributed by atoms with Crippen LogP contribution in [0, 0.1) is 24.0 Å². The second kappa shape index (κ2) is 5.58. The van der Waals surface area contributed by atoms with Gasteiger partial charge in [0.25, 0.3) is 5.69 Å². The maximum Gasteiger partial charge on any atom is 0.335 e. The van der Waals surface area contributed by atoms with Gasteiger partial charge in [-0.2, -0.15) is 0 Å². The molecule has 0 amide bonds. The van der Waals surface area contributed by atoms with E-state index in [1.165, 1.54) is 30.3 Å². The summed E-state index contributed by atoms with van der Waals surface area (Å²) in [5, 5.41) is 19.7. The highest BCUT2D eigenvalue weighted by atomic mass is 16.6. The summed E-state index contributed by atoms with van der Waals surface area (Å²) in [4.78, 5) is 25.3. The van der Waals surface area contributed by atoms with Gasteiger partial charge >= 0.3 is 5.97 Å². The number of nitro groups is 1. The summed E-state index contributed by atoms with van der Waals surface area (Å²) in [6.07, 6.45) is 0. The zero-order valence-corrected chi connectivity index (χ0v) is 11.4. The number of hydrogen-bond acceptors (Lipinski definition) is 5. The molecule has 1 heterocycles. The predicted octanol–water partition coefficient (Wildman–Crippen LogP) is 3.10. The van der Waals surface area contributed by atoms with Crippen molar-refractivity contribution in [3.05, 3.63) is 57.3 Å². The van der Waals surface area contributed by atoms with E-state index in [0.29, 0.717) is 17.0 Å². The Labute approximate surface area is 120 Å². The minimum absolute atomic E-state index is 0.0386. The first-order valence-corrected chi connectivity index (χ1v) is 6.01. The summed E-state index contributed by atoms with van der Waals surface area (Å²) in [6, 6.07) is 6.88. The smallest absolute Gasteiger partial charge is 0.335 e. The number of benzene rings is 1. The summed E-state index contributed by atoms with van der Waals surface area (Å²) >= 11 is 0. The number of non-ortho nitro benzene ring substituents is 1. The van der Waals surface area contributed by atoms with Crippen LogP contribution in [0.3, 0.4) is 0 Å². The Hall–Kier alpha value is -2.96. The molecule has 0 atom stereocenters. The number of pyridine rings is 1. The van der Waals surface area contributed by atoms with Gasteiger partial charge in [0.1, 0.15) is 5.75 Å². The molecule has 0 saturated heterocycles. The fraction of sp³-hybridized carbons (Fsp3) is 0.143. The molecule has 108 valence electrons. The third kappa shape index (κ3) is 3.33. The van der Waals surface area contributed by atoms with E-state index in [9.17, 15) is 14.9 Å². The molecule has 1 N–H and O–H groups in total. The van der Waals surface area contributed by atoms with Crippen LogP contribution in [0.4, 0.5) is 5.69 Å². The monoisotopic (exact) mass is 288 g/mol. The van der Waals surface area contributed by atoms with E-state index in [1.807, 2.05) is 0 Å². The van der Waals surface area contributed by atoms with Crippen LogP contribution < -0.4 is 4.74 Å². The van der Waals surface area contributed by atoms with E-state index in [1.54, 1.807) is 13.8 Å². The lowest BCUT2D eigenvalue weighted by atomic mass is 10.2. The van der Waals surface area contributed by atoms with Crippen LogP contribution in [-0.4, -0.2) is 21.0 Å². The number of rotatable bonds is 4. The number of carboxylic acids is 1. The van der Waals surface area contributed by atoms with Gasteiger partial charge in [-0.05, 0) is 31.5 Å². The van der Waals surface area contributed by atoms with Gasteiger partial charge in [0, 0.05) is 23.9 Å². The molecule has 0 radical (unpaired) electrons. The first-order chi connectivity index (χ1) is 9.86. The maximum absolute atomic E-state index is 11.0. The van der Waals surface area contributed by atoms with Gasteiger partial charge in [-0.1, -0.05) is 0 Å². The summed E-state index contributed by atoms with van der Waals surface area (Å²) in [5.74, 6) is -0.565. The van der Waals surface area contributed by atoms with E-state index in [0.717, 1.165) is 0 Å². The van der Waals surface area contributed by atoms with Crippen molar-refractivity contribution in [1.82, 2.24) is 4.98 Å². The molecule has 0 unspecified atom stereocenters. The molecule has 2 rings (SSSR count). The van der Waals surface area contributed by atoms with Crippen LogP contribution in [0.5, 0.6) is 11.6 Å². The van der Waals surface area contributed by atoms with Gasteiger partial charge in [-0.25, -0.2) is 9.78 Å². The standard InChI is InChI=1S/C14H12N2O5/c1-8-5-11(16(19)20)3-4-12(8)21-13-7-10(14(17)18)6-9(2)15-13/h3-7H,1-2H3,(H,17,18). The first kappa shape index (κ1) is 14.4. The number of aromatic carboxylic acids is 1. The van der Waals surface area contributed by atoms with Gasteiger partial charge < -0.3 is 9.84 Å². The molecule has 7 nitrogen and oxygen atoms in total. The molecule has 21 heavy (non-hydrogen) atoms. The number of nitro benzene ring substituents is 1. The molecule has 2 aromatic rings. The van der Waals surface area contributed by atoms with Crippen LogP contribution in [0.1, 0.15) is 21.6 Å². The lowest BCUT2D eigenvalue weighted by molar-refractivity contribution is -0.384. The van der Waals surface area contributed by atoms with Crippen LogP contribution in [-0.2, 0) is 0 Å². The van der Waals surface area contributed by atoms with Gasteiger partial charge in [-0.3, -0.25) is 10.1 Å². The summed E-state index contributed by atoms with van der Waals surface area (Å²) in [6.45, 7) is 3.32. The number of aromatic nitrogens is 1. The zero-order valence-electron chi connectivity index (χ0n) is 11.4. The number of aryl methyl sites for hydroxylation is 2. The third-order valence-electron chi connectivity index (χ3n) is 2.76. The maximum atomic E-state index is 11.0. The van der Waals surface area contributed by atoms with Crippen molar-refractivity contribution in [3.63, 3.8) is 0 Å². The minimum Gasteiger partial charge on any atom is -0.478 e. The van der Waals surface area contributed by atoms with Gasteiger partial charge in [0.2, 0.25) is 5.88 Å². The third-order valence-corrected chi connectivity index (χ3v) is 2.76. The van der Waals surface area contributed by atoms with E-state index < -0.39 is 10.9 Å². The second-order valence-corrected chi connectivity index (χ2v) is 4.45. The van der Waals surface area contributed by atoms with Crippen molar-refractivity contribution < 1.29 is 19.6 Å². The number of ether oxygens (including phenoxy) is 1. The summed E-state index contributed by atoms with van der Waals surface area (Å²) in [7, 11) is 0. The predicted molar refractivity (Wildman–Crippen MR) is 73.8 cm³/mol. The van der Waals surface area contributed by atoms with Crippen molar-refractivity contribution in [1.29, 1.82) is 0 Å². The number of carbonyl (C=O) groups is 1. The molecule has 0 fully saturated rings. The Morgan fingerprint density at radius 1 is 1.29 bits per heavy atom. The van der Waals surface area contributed by atoms with Crippen LogP contribution in [0.2, 0.25) is 0 Å². The van der Waals surface area contributed by atoms with Crippen LogP contribution >= 0.6 is 0 Å².